The lowest BCUT2D eigenvalue weighted by Crippen LogP contribution is -2.55. The molecule has 1 aromatic rings. The van der Waals surface area contributed by atoms with Crippen LogP contribution >= 0.6 is 0 Å². The van der Waals surface area contributed by atoms with Gasteiger partial charge in [-0.3, -0.25) is 9.59 Å². The van der Waals surface area contributed by atoms with Gasteiger partial charge in [0.2, 0.25) is 11.8 Å². The van der Waals surface area contributed by atoms with Crippen molar-refractivity contribution in [3.63, 3.8) is 0 Å². The number of aliphatic hydroxyl groups excluding tert-OH is 1. The minimum atomic E-state index is -1.01. The first-order chi connectivity index (χ1) is 16.4. The van der Waals surface area contributed by atoms with Gasteiger partial charge < -0.3 is 25.4 Å². The van der Waals surface area contributed by atoms with E-state index in [0.717, 1.165) is 19.3 Å². The van der Waals surface area contributed by atoms with E-state index in [9.17, 15) is 19.5 Å². The Morgan fingerprint density at radius 3 is 2.26 bits per heavy atom. The summed E-state index contributed by atoms with van der Waals surface area (Å²) >= 11 is 0. The summed E-state index contributed by atoms with van der Waals surface area (Å²) in [6, 6.07) is 4.84. The van der Waals surface area contributed by atoms with Gasteiger partial charge in [0, 0.05) is 18.7 Å². The van der Waals surface area contributed by atoms with Crippen molar-refractivity contribution in [3.05, 3.63) is 35.4 Å². The predicted molar refractivity (Wildman–Crippen MR) is 136 cm³/mol. The first-order valence-corrected chi connectivity index (χ1v) is 12.2. The molecule has 0 fully saturated rings. The summed E-state index contributed by atoms with van der Waals surface area (Å²) in [7, 11) is 0. The fraction of sp³-hybridized carbons (Fsp3) is 0.593. The zero-order chi connectivity index (χ0) is 26.6. The van der Waals surface area contributed by atoms with Crippen LogP contribution in [0.15, 0.2) is 24.3 Å². The number of benzene rings is 1. The molecule has 0 radical (unpaired) electrons. The monoisotopic (exact) mass is 487 g/mol. The second-order valence-corrected chi connectivity index (χ2v) is 9.79. The number of aliphatic hydroxyl groups is 1. The molecule has 1 aromatic carbocycles. The summed E-state index contributed by atoms with van der Waals surface area (Å²) in [4.78, 5) is 40.8. The van der Waals surface area contributed by atoms with Gasteiger partial charge in [-0.1, -0.05) is 51.7 Å². The van der Waals surface area contributed by atoms with Gasteiger partial charge in [-0.05, 0) is 50.8 Å². The van der Waals surface area contributed by atoms with Gasteiger partial charge in [0.25, 0.3) is 0 Å². The fourth-order valence-corrected chi connectivity index (χ4v) is 3.52. The highest BCUT2D eigenvalue weighted by Crippen LogP contribution is 2.24. The van der Waals surface area contributed by atoms with E-state index in [1.807, 2.05) is 0 Å². The minimum absolute atomic E-state index is 0.0952. The molecule has 3 N–H and O–H groups in total. The maximum absolute atomic E-state index is 13.7. The number of nitrogens with one attached hydrogen (secondary N) is 2. The Morgan fingerprint density at radius 1 is 1.14 bits per heavy atom. The SMILES string of the molecule is C#Cc1ccc(C(C(=O)NCCCCC)N(CCO)C(=O)C(NC(=O)OC(C)(C)C)C(C)C)cc1. The Hall–Kier alpha value is -3.05. The molecule has 0 heterocycles. The number of hydrogen-bond acceptors (Lipinski definition) is 5. The van der Waals surface area contributed by atoms with Crippen molar-refractivity contribution in [2.75, 3.05) is 19.7 Å². The first kappa shape index (κ1) is 30.0. The topological polar surface area (TPSA) is 108 Å². The minimum Gasteiger partial charge on any atom is -0.444 e. The van der Waals surface area contributed by atoms with Gasteiger partial charge >= 0.3 is 6.09 Å². The zero-order valence-electron chi connectivity index (χ0n) is 21.9. The van der Waals surface area contributed by atoms with Crippen molar-refractivity contribution in [2.45, 2.75) is 78.5 Å². The first-order valence-electron chi connectivity index (χ1n) is 12.2. The molecule has 1 rings (SSSR count). The lowest BCUT2D eigenvalue weighted by Gasteiger charge is -2.35. The van der Waals surface area contributed by atoms with E-state index in [1.54, 1.807) is 58.9 Å². The lowest BCUT2D eigenvalue weighted by atomic mass is 9.98. The Balaban J connectivity index is 3.34. The summed E-state index contributed by atoms with van der Waals surface area (Å²) in [6.45, 7) is 10.9. The van der Waals surface area contributed by atoms with Gasteiger partial charge in [-0.15, -0.1) is 6.42 Å². The van der Waals surface area contributed by atoms with E-state index in [4.69, 9.17) is 11.2 Å². The average Bonchev–Trinajstić information content (AvgIpc) is 2.78. The second-order valence-electron chi connectivity index (χ2n) is 9.79. The van der Waals surface area contributed by atoms with E-state index in [0.29, 0.717) is 17.7 Å². The molecular weight excluding hydrogens is 446 g/mol. The number of carbonyl (C=O) groups is 3. The highest BCUT2D eigenvalue weighted by Gasteiger charge is 2.37. The molecule has 8 nitrogen and oxygen atoms in total. The second kappa shape index (κ2) is 14.4. The quantitative estimate of drug-likeness (QED) is 0.309. The number of ether oxygens (including phenoxy) is 1. The van der Waals surface area contributed by atoms with Crippen LogP contribution in [0.2, 0.25) is 0 Å². The Labute approximate surface area is 209 Å². The smallest absolute Gasteiger partial charge is 0.408 e. The summed E-state index contributed by atoms with van der Waals surface area (Å²) < 4.78 is 5.33. The highest BCUT2D eigenvalue weighted by molar-refractivity contribution is 5.92. The molecule has 3 amide bonds. The van der Waals surface area contributed by atoms with Gasteiger partial charge in [0.15, 0.2) is 0 Å². The summed E-state index contributed by atoms with van der Waals surface area (Å²) in [6.07, 6.45) is 7.53. The van der Waals surface area contributed by atoms with Crippen LogP contribution in [-0.2, 0) is 14.3 Å². The number of amides is 3. The molecule has 0 aliphatic rings. The number of unbranched alkanes of at least 4 members (excludes halogenated alkanes) is 2. The normalized spacial score (nSPS) is 12.9. The third-order valence-corrected chi connectivity index (χ3v) is 5.26. The summed E-state index contributed by atoms with van der Waals surface area (Å²) in [5.74, 6) is 1.38. The third kappa shape index (κ3) is 9.99. The molecule has 0 aliphatic heterocycles. The van der Waals surface area contributed by atoms with Gasteiger partial charge in [-0.2, -0.15) is 0 Å². The number of nitrogens with zero attached hydrogens (tertiary/aromatic N) is 1. The van der Waals surface area contributed by atoms with Crippen LogP contribution in [-0.4, -0.2) is 59.3 Å². The fourth-order valence-electron chi connectivity index (χ4n) is 3.52. The van der Waals surface area contributed by atoms with Crippen molar-refractivity contribution in [1.29, 1.82) is 0 Å². The number of alkyl carbamates (subject to hydrolysis) is 1. The zero-order valence-corrected chi connectivity index (χ0v) is 21.9. The standard InChI is InChI=1S/C27H41N3O5/c1-8-10-11-16-28-24(32)23(21-14-12-20(9-2)13-15-21)30(17-18-31)25(33)22(19(3)4)29-26(34)35-27(5,6)7/h2,12-15,19,22-23,31H,8,10-11,16-18H2,1,3-7H3,(H,28,32)(H,29,34). The van der Waals surface area contributed by atoms with Crippen LogP contribution in [0.4, 0.5) is 4.79 Å². The Morgan fingerprint density at radius 2 is 1.77 bits per heavy atom. The maximum atomic E-state index is 13.7. The molecule has 0 aliphatic carbocycles. The van der Waals surface area contributed by atoms with Crippen LogP contribution in [0.5, 0.6) is 0 Å². The predicted octanol–water partition coefficient (Wildman–Crippen LogP) is 3.39. The van der Waals surface area contributed by atoms with Crippen molar-refractivity contribution < 1.29 is 24.2 Å². The number of terminal acetylenes is 1. The van der Waals surface area contributed by atoms with Crippen LogP contribution in [0.3, 0.4) is 0 Å². The van der Waals surface area contributed by atoms with Gasteiger partial charge in [0.1, 0.15) is 17.7 Å². The van der Waals surface area contributed by atoms with E-state index in [-0.39, 0.29) is 25.0 Å². The molecule has 35 heavy (non-hydrogen) atoms. The van der Waals surface area contributed by atoms with Crippen molar-refractivity contribution in [1.82, 2.24) is 15.5 Å². The van der Waals surface area contributed by atoms with Gasteiger partial charge in [-0.25, -0.2) is 4.79 Å². The highest BCUT2D eigenvalue weighted by atomic mass is 16.6. The maximum Gasteiger partial charge on any atom is 0.408 e. The lowest BCUT2D eigenvalue weighted by molar-refractivity contribution is -0.143. The summed E-state index contributed by atoms with van der Waals surface area (Å²) in [5, 5.41) is 15.3. The molecule has 0 saturated heterocycles. The third-order valence-electron chi connectivity index (χ3n) is 5.26. The van der Waals surface area contributed by atoms with E-state index in [1.165, 1.54) is 4.90 Å². The number of carbonyl (C=O) groups excluding carboxylic acids is 3. The van der Waals surface area contributed by atoms with Crippen LogP contribution in [0.25, 0.3) is 0 Å². The number of rotatable bonds is 12. The molecule has 0 bridgehead atoms. The van der Waals surface area contributed by atoms with E-state index < -0.39 is 29.7 Å². The van der Waals surface area contributed by atoms with Gasteiger partial charge in [0.05, 0.1) is 6.61 Å². The number of hydrogen-bond donors (Lipinski definition) is 3. The molecule has 0 saturated carbocycles. The van der Waals surface area contributed by atoms with Crippen LogP contribution < -0.4 is 10.6 Å². The van der Waals surface area contributed by atoms with Crippen LogP contribution in [0, 0.1) is 18.3 Å². The van der Waals surface area contributed by atoms with Crippen molar-refractivity contribution in [3.8, 4) is 12.3 Å². The van der Waals surface area contributed by atoms with E-state index >= 15 is 0 Å². The molecule has 2 unspecified atom stereocenters. The molecule has 194 valence electrons. The average molecular weight is 488 g/mol. The molecule has 0 aromatic heterocycles. The Kier molecular flexibility index (Phi) is 12.3. The van der Waals surface area contributed by atoms with E-state index in [2.05, 4.69) is 23.5 Å². The Bertz CT molecular complexity index is 868. The van der Waals surface area contributed by atoms with Crippen LogP contribution in [0.1, 0.15) is 78.0 Å². The molecule has 0 spiro atoms. The van der Waals surface area contributed by atoms with Crippen molar-refractivity contribution >= 4 is 17.9 Å². The summed E-state index contributed by atoms with van der Waals surface area (Å²) in [5.41, 5.74) is 0.458. The van der Waals surface area contributed by atoms with Crippen molar-refractivity contribution in [2.24, 2.45) is 5.92 Å². The molecular formula is C27H41N3O5. The molecule has 8 heteroatoms. The largest absolute Gasteiger partial charge is 0.444 e. The molecule has 2 atom stereocenters.